The minimum absolute atomic E-state index is 0.0495. The number of carbonyl (C=O) groups is 1. The third kappa shape index (κ3) is 3.95. The highest BCUT2D eigenvalue weighted by Crippen LogP contribution is 2.27. The first-order valence-electron chi connectivity index (χ1n) is 6.18. The monoisotopic (exact) mass is 371 g/mol. The Labute approximate surface area is 134 Å². The number of hydrogen-bond acceptors (Lipinski definition) is 2. The van der Waals surface area contributed by atoms with Crippen molar-refractivity contribution >= 4 is 39.2 Å². The number of nitrogens with one attached hydrogen (secondary N) is 1. The van der Waals surface area contributed by atoms with Crippen LogP contribution in [0.15, 0.2) is 40.9 Å². The van der Waals surface area contributed by atoms with Crippen LogP contribution >= 0.6 is 27.5 Å². The molecule has 0 radical (unpaired) electrons. The number of benzene rings is 2. The van der Waals surface area contributed by atoms with Gasteiger partial charge in [0.15, 0.2) is 5.82 Å². The highest BCUT2D eigenvalue weighted by atomic mass is 79.9. The molecule has 2 aromatic rings. The minimum Gasteiger partial charge on any atom is -0.478 e. The molecule has 2 N–H and O–H groups in total. The molecule has 2 aromatic carbocycles. The molecule has 0 aromatic heterocycles. The van der Waals surface area contributed by atoms with E-state index in [0.717, 1.165) is 5.56 Å². The van der Waals surface area contributed by atoms with Crippen LogP contribution < -0.4 is 5.32 Å². The molecule has 3 nitrogen and oxygen atoms in total. The first-order valence-corrected chi connectivity index (χ1v) is 7.35. The molecule has 0 saturated heterocycles. The lowest BCUT2D eigenvalue weighted by Crippen LogP contribution is -2.08. The predicted molar refractivity (Wildman–Crippen MR) is 84.7 cm³/mol. The highest BCUT2D eigenvalue weighted by Gasteiger charge is 2.15. The van der Waals surface area contributed by atoms with Gasteiger partial charge < -0.3 is 10.4 Å². The van der Waals surface area contributed by atoms with Crippen LogP contribution in [-0.4, -0.2) is 17.6 Å². The van der Waals surface area contributed by atoms with Gasteiger partial charge in [0.25, 0.3) is 0 Å². The van der Waals surface area contributed by atoms with Crippen molar-refractivity contribution in [3.63, 3.8) is 0 Å². The van der Waals surface area contributed by atoms with Gasteiger partial charge in [-0.25, -0.2) is 9.18 Å². The van der Waals surface area contributed by atoms with Crippen LogP contribution in [0.1, 0.15) is 15.9 Å². The Morgan fingerprint density at radius 1 is 1.24 bits per heavy atom. The molecule has 110 valence electrons. The summed E-state index contributed by atoms with van der Waals surface area (Å²) < 4.78 is 14.0. The summed E-state index contributed by atoms with van der Waals surface area (Å²) in [5.74, 6) is -1.78. The number of hydrogen-bond donors (Lipinski definition) is 2. The SMILES string of the molecule is O=C(O)c1ccc(NCCc2ccc(Cl)cc2)c(F)c1Br. The van der Waals surface area contributed by atoms with Crippen LogP contribution in [0.4, 0.5) is 10.1 Å². The summed E-state index contributed by atoms with van der Waals surface area (Å²) in [6.45, 7) is 0.525. The molecule has 21 heavy (non-hydrogen) atoms. The second-order valence-electron chi connectivity index (χ2n) is 4.40. The van der Waals surface area contributed by atoms with Crippen molar-refractivity contribution in [3.8, 4) is 0 Å². The molecule has 0 heterocycles. The third-order valence-corrected chi connectivity index (χ3v) is 3.98. The van der Waals surface area contributed by atoms with Gasteiger partial charge in [0.05, 0.1) is 15.7 Å². The largest absolute Gasteiger partial charge is 0.478 e. The van der Waals surface area contributed by atoms with E-state index >= 15 is 0 Å². The van der Waals surface area contributed by atoms with Crippen LogP contribution in [0.3, 0.4) is 0 Å². The summed E-state index contributed by atoms with van der Waals surface area (Å²) in [5, 5.41) is 12.5. The van der Waals surface area contributed by atoms with Gasteiger partial charge >= 0.3 is 5.97 Å². The fourth-order valence-corrected chi connectivity index (χ4v) is 2.49. The molecule has 0 fully saturated rings. The summed E-state index contributed by atoms with van der Waals surface area (Å²) >= 11 is 8.77. The second-order valence-corrected chi connectivity index (χ2v) is 5.63. The van der Waals surface area contributed by atoms with E-state index in [0.29, 0.717) is 18.0 Å². The van der Waals surface area contributed by atoms with E-state index in [4.69, 9.17) is 16.7 Å². The summed E-state index contributed by atoms with van der Waals surface area (Å²) in [7, 11) is 0. The van der Waals surface area contributed by atoms with Gasteiger partial charge in [-0.05, 0) is 52.2 Å². The van der Waals surface area contributed by atoms with E-state index in [1.54, 1.807) is 12.1 Å². The van der Waals surface area contributed by atoms with Crippen molar-refractivity contribution in [1.82, 2.24) is 0 Å². The van der Waals surface area contributed by atoms with E-state index in [-0.39, 0.29) is 15.7 Å². The van der Waals surface area contributed by atoms with Gasteiger partial charge in [-0.1, -0.05) is 23.7 Å². The maximum atomic E-state index is 14.0. The zero-order valence-corrected chi connectivity index (χ0v) is 13.2. The van der Waals surface area contributed by atoms with Gasteiger partial charge in [-0.2, -0.15) is 0 Å². The molecule has 0 spiro atoms. The molecule has 0 aliphatic rings. The van der Waals surface area contributed by atoms with Crippen molar-refractivity contribution in [2.24, 2.45) is 0 Å². The number of halogens is 3. The van der Waals surface area contributed by atoms with E-state index in [1.165, 1.54) is 12.1 Å². The van der Waals surface area contributed by atoms with E-state index in [9.17, 15) is 9.18 Å². The quantitative estimate of drug-likeness (QED) is 0.807. The molecule has 0 aliphatic heterocycles. The lowest BCUT2D eigenvalue weighted by molar-refractivity contribution is 0.0695. The molecule has 0 atom stereocenters. The number of aromatic carboxylic acids is 1. The van der Waals surface area contributed by atoms with E-state index < -0.39 is 11.8 Å². The first-order chi connectivity index (χ1) is 9.99. The molecule has 0 bridgehead atoms. The number of rotatable bonds is 5. The normalized spacial score (nSPS) is 10.4. The van der Waals surface area contributed by atoms with Gasteiger partial charge in [0.1, 0.15) is 0 Å². The summed E-state index contributed by atoms with van der Waals surface area (Å²) in [5.41, 5.74) is 1.24. The Kier molecular flexibility index (Phi) is 5.20. The molecular weight excluding hydrogens is 361 g/mol. The van der Waals surface area contributed by atoms with Gasteiger partial charge in [0.2, 0.25) is 0 Å². The molecule has 0 unspecified atom stereocenters. The summed E-state index contributed by atoms with van der Waals surface area (Å²) in [6.07, 6.45) is 0.703. The van der Waals surface area contributed by atoms with Crippen molar-refractivity contribution < 1.29 is 14.3 Å². The predicted octanol–water partition coefficient (Wildman–Crippen LogP) is 4.59. The number of anilines is 1. The Morgan fingerprint density at radius 3 is 2.52 bits per heavy atom. The Balaban J connectivity index is 2.02. The zero-order chi connectivity index (χ0) is 15.4. The average molecular weight is 373 g/mol. The summed E-state index contributed by atoms with van der Waals surface area (Å²) in [4.78, 5) is 10.9. The maximum Gasteiger partial charge on any atom is 0.336 e. The van der Waals surface area contributed by atoms with Gasteiger partial charge in [-0.15, -0.1) is 0 Å². The van der Waals surface area contributed by atoms with Crippen LogP contribution in [0.2, 0.25) is 5.02 Å². The Bertz CT molecular complexity index is 661. The lowest BCUT2D eigenvalue weighted by atomic mass is 10.1. The third-order valence-electron chi connectivity index (χ3n) is 2.96. The average Bonchev–Trinajstić information content (AvgIpc) is 2.45. The topological polar surface area (TPSA) is 49.3 Å². The molecule has 0 amide bonds. The van der Waals surface area contributed by atoms with Crippen LogP contribution in [0, 0.1) is 5.82 Å². The number of carboxylic acid groups (broad SMARTS) is 1. The van der Waals surface area contributed by atoms with E-state index in [2.05, 4.69) is 21.2 Å². The highest BCUT2D eigenvalue weighted by molar-refractivity contribution is 9.10. The van der Waals surface area contributed by atoms with Crippen molar-refractivity contribution in [3.05, 3.63) is 62.8 Å². The smallest absolute Gasteiger partial charge is 0.336 e. The second kappa shape index (κ2) is 6.91. The fourth-order valence-electron chi connectivity index (χ4n) is 1.84. The van der Waals surface area contributed by atoms with E-state index in [1.807, 2.05) is 12.1 Å². The van der Waals surface area contributed by atoms with Crippen molar-refractivity contribution in [1.29, 1.82) is 0 Å². The Morgan fingerprint density at radius 2 is 1.90 bits per heavy atom. The molecule has 0 saturated carbocycles. The minimum atomic E-state index is -1.17. The fraction of sp³-hybridized carbons (Fsp3) is 0.133. The maximum absolute atomic E-state index is 14.0. The first kappa shape index (κ1) is 15.8. The lowest BCUT2D eigenvalue weighted by Gasteiger charge is -2.10. The summed E-state index contributed by atoms with van der Waals surface area (Å²) in [6, 6.07) is 10.2. The van der Waals surface area contributed by atoms with Crippen LogP contribution in [0.5, 0.6) is 0 Å². The Hall–Kier alpha value is -1.59. The van der Waals surface area contributed by atoms with Gasteiger partial charge in [0, 0.05) is 11.6 Å². The van der Waals surface area contributed by atoms with Crippen molar-refractivity contribution in [2.45, 2.75) is 6.42 Å². The molecule has 6 heteroatoms. The number of carboxylic acids is 1. The van der Waals surface area contributed by atoms with Gasteiger partial charge in [-0.3, -0.25) is 0 Å². The molecule has 2 rings (SSSR count). The standard InChI is InChI=1S/C15H12BrClFNO2/c16-13-11(15(20)21)5-6-12(14(13)18)19-8-7-9-1-3-10(17)4-2-9/h1-6,19H,7-8H2,(H,20,21). The van der Waals surface area contributed by atoms with Crippen LogP contribution in [0.25, 0.3) is 0 Å². The molecule has 0 aliphatic carbocycles. The van der Waals surface area contributed by atoms with Crippen molar-refractivity contribution in [2.75, 3.05) is 11.9 Å². The zero-order valence-electron chi connectivity index (χ0n) is 10.9. The molecular formula is C15H12BrClFNO2. The van der Waals surface area contributed by atoms with Crippen LogP contribution in [-0.2, 0) is 6.42 Å².